The van der Waals surface area contributed by atoms with Gasteiger partial charge in [-0.3, -0.25) is 43.9 Å². The first kappa shape index (κ1) is 50.7. The lowest BCUT2D eigenvalue weighted by Crippen LogP contribution is -2.60. The Hall–Kier alpha value is -4.66. The Morgan fingerprint density at radius 2 is 1.52 bits per heavy atom. The molecule has 0 saturated heterocycles. The van der Waals surface area contributed by atoms with Gasteiger partial charge in [0.05, 0.1) is 17.1 Å². The van der Waals surface area contributed by atoms with E-state index in [1.165, 1.54) is 24.7 Å². The highest BCUT2D eigenvalue weighted by molar-refractivity contribution is 7.89. The van der Waals surface area contributed by atoms with Gasteiger partial charge in [0.25, 0.3) is 27.7 Å². The summed E-state index contributed by atoms with van der Waals surface area (Å²) >= 11 is 12.2. The summed E-state index contributed by atoms with van der Waals surface area (Å²) in [6, 6.07) is -3.03. The van der Waals surface area contributed by atoms with Gasteiger partial charge in [-0.05, 0) is 48.8 Å². The first-order valence-electron chi connectivity index (χ1n) is 19.8. The zero-order chi connectivity index (χ0) is 45.6. The number of rotatable bonds is 21. The Labute approximate surface area is 363 Å². The highest BCUT2D eigenvalue weighted by Gasteiger charge is 2.40. The summed E-state index contributed by atoms with van der Waals surface area (Å²) in [6.45, 7) is 5.62. The number of sulfonamides is 1. The van der Waals surface area contributed by atoms with Crippen molar-refractivity contribution in [1.82, 2.24) is 35.5 Å². The zero-order valence-corrected chi connectivity index (χ0v) is 36.5. The molecule has 17 nitrogen and oxygen atoms in total. The van der Waals surface area contributed by atoms with Gasteiger partial charge in [-0.1, -0.05) is 89.4 Å². The van der Waals surface area contributed by atoms with Crippen LogP contribution in [0.4, 0.5) is 8.78 Å². The van der Waals surface area contributed by atoms with Crippen LogP contribution in [0.5, 0.6) is 0 Å². The topological polar surface area (TPSA) is 257 Å². The molecule has 1 saturated carbocycles. The number of nitrogens with zero attached hydrogens (tertiary/aromatic N) is 3. The van der Waals surface area contributed by atoms with E-state index in [1.54, 1.807) is 19.2 Å². The Balaban J connectivity index is 2.03. The minimum absolute atomic E-state index is 0.0520. The number of hydrogen-bond donors (Lipinski definition) is 5. The molecule has 0 unspecified atom stereocenters. The lowest BCUT2D eigenvalue weighted by atomic mass is 9.84. The number of hydrogen-bond acceptors (Lipinski definition) is 12. The molecule has 22 heteroatoms. The molecule has 1 fully saturated rings. The Kier molecular flexibility index (Phi) is 19.6. The number of carbonyl (C=O) groups excluding carboxylic acids is 7. The van der Waals surface area contributed by atoms with Crippen molar-refractivity contribution in [3.63, 3.8) is 0 Å². The maximum Gasteiger partial charge on any atom is 0.295 e. The van der Waals surface area contributed by atoms with Crippen LogP contribution in [0.15, 0.2) is 41.7 Å². The predicted molar refractivity (Wildman–Crippen MR) is 219 cm³/mol. The Bertz CT molecular complexity index is 1990. The standard InChI is InChI=1S/C39H52Cl2F2N8O9S/c1-5-22(4)33(50-35(54)28(13-21(2)3)47-36(55)30-19-45-11-12-46-30)37(56)48-29(14-23-9-7-6-8-10-23)39(58)51(61(59,60)26-16-24(40)15-25(41)17-26)20-32(52)49-38(57)34(53)27(44)18-31(42)43/h11-12,15-17,19,21-23,27-29,31,33H,5-10,13-14,18,20,44H2,1-4H3,(H,47,55)(H,48,56)(H,50,54)(H,49,52,57)/t22-,27-,28-,29-,33-/m0/s1. The summed E-state index contributed by atoms with van der Waals surface area (Å²) in [5.41, 5.74) is 5.33. The molecule has 3 rings (SSSR count). The van der Waals surface area contributed by atoms with Crippen LogP contribution in [0.1, 0.15) is 96.0 Å². The van der Waals surface area contributed by atoms with E-state index >= 15 is 0 Å². The molecule has 336 valence electrons. The summed E-state index contributed by atoms with van der Waals surface area (Å²) in [5.74, 6) is -9.36. The lowest BCUT2D eigenvalue weighted by Gasteiger charge is -2.32. The Morgan fingerprint density at radius 3 is 2.08 bits per heavy atom. The average molecular weight is 918 g/mol. The van der Waals surface area contributed by atoms with E-state index in [0.29, 0.717) is 19.3 Å². The van der Waals surface area contributed by atoms with Gasteiger partial charge in [0.15, 0.2) is 0 Å². The minimum atomic E-state index is -5.10. The number of imide groups is 1. The van der Waals surface area contributed by atoms with Gasteiger partial charge in [0.1, 0.15) is 30.4 Å². The highest BCUT2D eigenvalue weighted by Crippen LogP contribution is 2.30. The largest absolute Gasteiger partial charge is 0.342 e. The molecule has 0 radical (unpaired) electrons. The van der Waals surface area contributed by atoms with Gasteiger partial charge in [-0.2, -0.15) is 0 Å². The molecule has 0 spiro atoms. The van der Waals surface area contributed by atoms with E-state index in [4.69, 9.17) is 28.9 Å². The number of Topliss-reactive ketones (excluding diaryl/α,β-unsaturated/α-hetero) is 1. The third-order valence-electron chi connectivity index (χ3n) is 10.0. The van der Waals surface area contributed by atoms with Gasteiger partial charge in [0, 0.05) is 28.9 Å². The summed E-state index contributed by atoms with van der Waals surface area (Å²) in [5, 5.41) is 9.21. The molecule has 0 aliphatic heterocycles. The Morgan fingerprint density at radius 1 is 0.885 bits per heavy atom. The normalized spacial score (nSPS) is 15.8. The second-order valence-electron chi connectivity index (χ2n) is 15.3. The smallest absolute Gasteiger partial charge is 0.295 e. The number of alkyl halides is 2. The van der Waals surface area contributed by atoms with E-state index in [-0.39, 0.29) is 44.7 Å². The lowest BCUT2D eigenvalue weighted by molar-refractivity contribution is -0.143. The number of nitrogens with one attached hydrogen (secondary N) is 4. The van der Waals surface area contributed by atoms with E-state index in [1.807, 2.05) is 13.8 Å². The molecule has 1 aromatic heterocycles. The number of halogens is 4. The minimum Gasteiger partial charge on any atom is -0.342 e. The fourth-order valence-electron chi connectivity index (χ4n) is 6.63. The summed E-state index contributed by atoms with van der Waals surface area (Å²) in [6.07, 6.45) is 3.69. The van der Waals surface area contributed by atoms with Crippen LogP contribution < -0.4 is 27.0 Å². The van der Waals surface area contributed by atoms with Crippen molar-refractivity contribution in [3.05, 3.63) is 52.5 Å². The number of carbonyl (C=O) groups is 7. The second-order valence-corrected chi connectivity index (χ2v) is 18.1. The average Bonchev–Trinajstić information content (AvgIpc) is 3.20. The quantitative estimate of drug-likeness (QED) is 0.113. The van der Waals surface area contributed by atoms with Gasteiger partial charge < -0.3 is 21.7 Å². The predicted octanol–water partition coefficient (Wildman–Crippen LogP) is 3.33. The van der Waals surface area contributed by atoms with E-state index in [2.05, 4.69) is 25.9 Å². The molecule has 6 amide bonds. The molecule has 6 N–H and O–H groups in total. The molecule has 0 bridgehead atoms. The number of amides is 6. The van der Waals surface area contributed by atoms with Gasteiger partial charge >= 0.3 is 0 Å². The molecular weight excluding hydrogens is 865 g/mol. The molecule has 1 aliphatic carbocycles. The van der Waals surface area contributed by atoms with Crippen LogP contribution in [0.3, 0.4) is 0 Å². The summed E-state index contributed by atoms with van der Waals surface area (Å²) in [4.78, 5) is 101. The summed E-state index contributed by atoms with van der Waals surface area (Å²) < 4.78 is 54.3. The first-order valence-corrected chi connectivity index (χ1v) is 22.0. The van der Waals surface area contributed by atoms with Gasteiger partial charge in [-0.25, -0.2) is 26.5 Å². The van der Waals surface area contributed by atoms with Crippen molar-refractivity contribution >= 4 is 74.5 Å². The second kappa shape index (κ2) is 23.5. The molecule has 2 aromatic rings. The van der Waals surface area contributed by atoms with Crippen molar-refractivity contribution in [1.29, 1.82) is 0 Å². The molecular formula is C39H52Cl2F2N8O9S. The van der Waals surface area contributed by atoms with E-state index < -0.39 is 106 Å². The molecule has 1 aliphatic rings. The molecule has 1 aromatic carbocycles. The first-order chi connectivity index (χ1) is 28.6. The zero-order valence-electron chi connectivity index (χ0n) is 34.2. The molecule has 1 heterocycles. The fourth-order valence-corrected chi connectivity index (χ4v) is 8.74. The number of nitrogens with two attached hydrogens (primary N) is 1. The van der Waals surface area contributed by atoms with E-state index in [0.717, 1.165) is 31.4 Å². The molecule has 61 heavy (non-hydrogen) atoms. The third-order valence-corrected chi connectivity index (χ3v) is 12.2. The number of ketones is 1. The van der Waals surface area contributed by atoms with Crippen molar-refractivity contribution in [2.24, 2.45) is 23.5 Å². The highest BCUT2D eigenvalue weighted by atomic mass is 35.5. The van der Waals surface area contributed by atoms with Crippen molar-refractivity contribution in [2.45, 2.75) is 121 Å². The maximum atomic E-state index is 14.7. The SMILES string of the molecule is CC[C@H](C)[C@H](NC(=O)[C@H](CC(C)C)NC(=O)c1cnccn1)C(=O)N[C@@H](CC1CCCCC1)C(=O)N(CC(=O)NC(=O)C(=O)[C@@H](N)CC(F)F)S(=O)(=O)c1cc(Cl)cc(Cl)c1. The van der Waals surface area contributed by atoms with Crippen LogP contribution in [0.25, 0.3) is 0 Å². The fraction of sp³-hybridized carbons (Fsp3) is 0.564. The van der Waals surface area contributed by atoms with Crippen LogP contribution in [-0.4, -0.2) is 101 Å². The van der Waals surface area contributed by atoms with Crippen molar-refractivity contribution in [3.8, 4) is 0 Å². The van der Waals surface area contributed by atoms with Gasteiger partial charge in [0.2, 0.25) is 29.9 Å². The van der Waals surface area contributed by atoms with Crippen LogP contribution in [-0.2, 0) is 38.8 Å². The van der Waals surface area contributed by atoms with Crippen LogP contribution >= 0.6 is 23.2 Å². The molecule has 5 atom stereocenters. The maximum absolute atomic E-state index is 14.7. The third kappa shape index (κ3) is 15.3. The van der Waals surface area contributed by atoms with Crippen LogP contribution in [0.2, 0.25) is 10.0 Å². The van der Waals surface area contributed by atoms with Crippen molar-refractivity contribution < 1.29 is 50.8 Å². The monoisotopic (exact) mass is 916 g/mol. The summed E-state index contributed by atoms with van der Waals surface area (Å²) in [7, 11) is -5.10. The van der Waals surface area contributed by atoms with E-state index in [9.17, 15) is 50.8 Å². The number of aromatic nitrogens is 2. The number of benzene rings is 1. The van der Waals surface area contributed by atoms with Gasteiger partial charge in [-0.15, -0.1) is 0 Å². The van der Waals surface area contributed by atoms with Crippen LogP contribution in [0, 0.1) is 17.8 Å². The van der Waals surface area contributed by atoms with Crippen molar-refractivity contribution in [2.75, 3.05) is 6.54 Å².